The van der Waals surface area contributed by atoms with Gasteiger partial charge in [0.1, 0.15) is 0 Å². The molecular formula is C13H11N3S. The summed E-state index contributed by atoms with van der Waals surface area (Å²) in [5, 5.41) is 13.0. The predicted molar refractivity (Wildman–Crippen MR) is 68.6 cm³/mol. The molecule has 3 nitrogen and oxygen atoms in total. The Kier molecular flexibility index (Phi) is 2.54. The van der Waals surface area contributed by atoms with Crippen LogP contribution in [-0.4, -0.2) is 4.98 Å². The normalized spacial score (nSPS) is 13.1. The molecule has 0 spiro atoms. The number of aryl methyl sites for hydroxylation is 2. The van der Waals surface area contributed by atoms with Gasteiger partial charge in [-0.25, -0.2) is 4.98 Å². The molecule has 0 amide bonds. The molecule has 0 radical (unpaired) electrons. The van der Waals surface area contributed by atoms with Gasteiger partial charge in [0.05, 0.1) is 17.3 Å². The lowest BCUT2D eigenvalue weighted by molar-refractivity contribution is 0.900. The van der Waals surface area contributed by atoms with E-state index in [1.165, 1.54) is 17.0 Å². The lowest BCUT2D eigenvalue weighted by Crippen LogP contribution is -1.90. The van der Waals surface area contributed by atoms with Crippen LogP contribution >= 0.6 is 11.3 Å². The lowest BCUT2D eigenvalue weighted by atomic mass is 10.2. The molecule has 0 atom stereocenters. The van der Waals surface area contributed by atoms with Crippen LogP contribution in [0.2, 0.25) is 0 Å². The zero-order chi connectivity index (χ0) is 11.7. The summed E-state index contributed by atoms with van der Waals surface area (Å²) in [5.41, 5.74) is 2.84. The fourth-order valence-corrected chi connectivity index (χ4v) is 3.10. The molecule has 0 aliphatic heterocycles. The third kappa shape index (κ3) is 2.02. The van der Waals surface area contributed by atoms with Gasteiger partial charge in [0.15, 0.2) is 5.13 Å². The van der Waals surface area contributed by atoms with Crippen molar-refractivity contribution in [1.82, 2.24) is 4.98 Å². The summed E-state index contributed by atoms with van der Waals surface area (Å²) in [5.74, 6) is 0. The van der Waals surface area contributed by atoms with Crippen molar-refractivity contribution >= 4 is 22.2 Å². The van der Waals surface area contributed by atoms with E-state index in [9.17, 15) is 0 Å². The number of nitrogens with one attached hydrogen (secondary N) is 1. The average Bonchev–Trinajstić information content (AvgIpc) is 2.90. The topological polar surface area (TPSA) is 48.7 Å². The van der Waals surface area contributed by atoms with Crippen molar-refractivity contribution in [3.05, 3.63) is 40.4 Å². The smallest absolute Gasteiger partial charge is 0.187 e. The van der Waals surface area contributed by atoms with E-state index >= 15 is 0 Å². The number of hydrogen-bond donors (Lipinski definition) is 1. The minimum atomic E-state index is 0.666. The summed E-state index contributed by atoms with van der Waals surface area (Å²) in [6.45, 7) is 0. The zero-order valence-electron chi connectivity index (χ0n) is 9.23. The summed E-state index contributed by atoms with van der Waals surface area (Å²) in [6.07, 6.45) is 3.50. The number of nitriles is 1. The van der Waals surface area contributed by atoms with Crippen molar-refractivity contribution < 1.29 is 0 Å². The molecule has 0 bridgehead atoms. The number of nitrogens with zero attached hydrogens (tertiary/aromatic N) is 2. The average molecular weight is 241 g/mol. The number of hydrogen-bond acceptors (Lipinski definition) is 4. The summed E-state index contributed by atoms with van der Waals surface area (Å²) in [6, 6.07) is 9.60. The highest BCUT2D eigenvalue weighted by atomic mass is 32.1. The van der Waals surface area contributed by atoms with Crippen molar-refractivity contribution in [2.75, 3.05) is 5.32 Å². The van der Waals surface area contributed by atoms with Crippen LogP contribution in [0, 0.1) is 11.3 Å². The SMILES string of the molecule is N#Cc1cccc(Nc2nc3c(s2)CCC3)c1. The first-order chi connectivity index (χ1) is 8.35. The van der Waals surface area contributed by atoms with E-state index in [0.717, 1.165) is 23.7 Å². The fraction of sp³-hybridized carbons (Fsp3) is 0.231. The number of rotatable bonds is 2. The van der Waals surface area contributed by atoms with Gasteiger partial charge < -0.3 is 5.32 Å². The van der Waals surface area contributed by atoms with Crippen LogP contribution in [0.25, 0.3) is 0 Å². The van der Waals surface area contributed by atoms with Crippen molar-refractivity contribution in [2.45, 2.75) is 19.3 Å². The molecule has 1 aliphatic carbocycles. The first-order valence-electron chi connectivity index (χ1n) is 5.61. The van der Waals surface area contributed by atoms with E-state index in [1.54, 1.807) is 17.4 Å². The fourth-order valence-electron chi connectivity index (χ4n) is 2.03. The Morgan fingerprint density at radius 1 is 1.35 bits per heavy atom. The second-order valence-corrected chi connectivity index (χ2v) is 5.14. The lowest BCUT2D eigenvalue weighted by Gasteiger charge is -2.02. The summed E-state index contributed by atoms with van der Waals surface area (Å²) in [7, 11) is 0. The Labute approximate surface area is 104 Å². The Morgan fingerprint density at radius 2 is 2.29 bits per heavy atom. The maximum atomic E-state index is 8.83. The Morgan fingerprint density at radius 3 is 3.12 bits per heavy atom. The van der Waals surface area contributed by atoms with Gasteiger partial charge in [0.25, 0.3) is 0 Å². The molecule has 1 N–H and O–H groups in total. The van der Waals surface area contributed by atoms with Crippen LogP contribution in [0.15, 0.2) is 24.3 Å². The quantitative estimate of drug-likeness (QED) is 0.878. The minimum absolute atomic E-state index is 0.666. The predicted octanol–water partition coefficient (Wildman–Crippen LogP) is 3.25. The Hall–Kier alpha value is -1.86. The number of aromatic nitrogens is 1. The molecule has 17 heavy (non-hydrogen) atoms. The van der Waals surface area contributed by atoms with Crippen molar-refractivity contribution in [3.8, 4) is 6.07 Å². The maximum Gasteiger partial charge on any atom is 0.187 e. The molecule has 0 fully saturated rings. The molecule has 1 aliphatic rings. The van der Waals surface area contributed by atoms with Crippen LogP contribution in [0.4, 0.5) is 10.8 Å². The number of fused-ring (bicyclic) bond motifs is 1. The van der Waals surface area contributed by atoms with Crippen LogP contribution in [-0.2, 0) is 12.8 Å². The van der Waals surface area contributed by atoms with Gasteiger partial charge in [-0.15, -0.1) is 11.3 Å². The number of anilines is 2. The van der Waals surface area contributed by atoms with Gasteiger partial charge >= 0.3 is 0 Å². The monoisotopic (exact) mass is 241 g/mol. The van der Waals surface area contributed by atoms with E-state index in [2.05, 4.69) is 16.4 Å². The number of thiazole rings is 1. The van der Waals surface area contributed by atoms with Gasteiger partial charge in [0, 0.05) is 10.6 Å². The van der Waals surface area contributed by atoms with Gasteiger partial charge in [-0.1, -0.05) is 6.07 Å². The largest absolute Gasteiger partial charge is 0.331 e. The molecule has 1 aromatic heterocycles. The zero-order valence-corrected chi connectivity index (χ0v) is 10.0. The van der Waals surface area contributed by atoms with Crippen molar-refractivity contribution in [1.29, 1.82) is 5.26 Å². The Bertz CT molecular complexity index is 573. The van der Waals surface area contributed by atoms with Crippen LogP contribution in [0.3, 0.4) is 0 Å². The van der Waals surface area contributed by atoms with E-state index in [-0.39, 0.29) is 0 Å². The standard InChI is InChI=1S/C13H11N3S/c14-8-9-3-1-4-10(7-9)15-13-16-11-5-2-6-12(11)17-13/h1,3-4,7H,2,5-6H2,(H,15,16). The third-order valence-corrected chi connectivity index (χ3v) is 3.91. The molecular weight excluding hydrogens is 230 g/mol. The molecule has 84 valence electrons. The second-order valence-electron chi connectivity index (χ2n) is 4.06. The molecule has 0 unspecified atom stereocenters. The van der Waals surface area contributed by atoms with Gasteiger partial charge in [-0.2, -0.15) is 5.26 Å². The first-order valence-corrected chi connectivity index (χ1v) is 6.42. The highest BCUT2D eigenvalue weighted by Crippen LogP contribution is 2.32. The molecule has 2 aromatic rings. The summed E-state index contributed by atoms with van der Waals surface area (Å²) in [4.78, 5) is 5.97. The van der Waals surface area contributed by atoms with Crippen molar-refractivity contribution in [2.24, 2.45) is 0 Å². The van der Waals surface area contributed by atoms with Gasteiger partial charge in [-0.05, 0) is 37.5 Å². The van der Waals surface area contributed by atoms with Gasteiger partial charge in [0.2, 0.25) is 0 Å². The summed E-state index contributed by atoms with van der Waals surface area (Å²) >= 11 is 1.73. The van der Waals surface area contributed by atoms with E-state index < -0.39 is 0 Å². The third-order valence-electron chi connectivity index (χ3n) is 2.84. The molecule has 1 aromatic carbocycles. The second kappa shape index (κ2) is 4.19. The molecule has 1 heterocycles. The van der Waals surface area contributed by atoms with Gasteiger partial charge in [-0.3, -0.25) is 0 Å². The van der Waals surface area contributed by atoms with Crippen molar-refractivity contribution in [3.63, 3.8) is 0 Å². The van der Waals surface area contributed by atoms with E-state index in [0.29, 0.717) is 5.56 Å². The van der Waals surface area contributed by atoms with Crippen LogP contribution in [0.1, 0.15) is 22.6 Å². The number of benzene rings is 1. The molecule has 4 heteroatoms. The summed E-state index contributed by atoms with van der Waals surface area (Å²) < 4.78 is 0. The highest BCUT2D eigenvalue weighted by Gasteiger charge is 2.16. The highest BCUT2D eigenvalue weighted by molar-refractivity contribution is 7.15. The minimum Gasteiger partial charge on any atom is -0.331 e. The maximum absolute atomic E-state index is 8.83. The molecule has 0 saturated carbocycles. The van der Waals surface area contributed by atoms with E-state index in [4.69, 9.17) is 5.26 Å². The first kappa shape index (κ1) is 10.3. The van der Waals surface area contributed by atoms with Crippen LogP contribution < -0.4 is 5.32 Å². The Balaban J connectivity index is 1.84. The van der Waals surface area contributed by atoms with E-state index in [1.807, 2.05) is 18.2 Å². The molecule has 0 saturated heterocycles. The van der Waals surface area contributed by atoms with Crippen LogP contribution in [0.5, 0.6) is 0 Å². The molecule has 3 rings (SSSR count).